The lowest BCUT2D eigenvalue weighted by molar-refractivity contribution is 0.740. The van der Waals surface area contributed by atoms with Crippen molar-refractivity contribution in [1.29, 1.82) is 0 Å². The highest BCUT2D eigenvalue weighted by molar-refractivity contribution is 5.49. The molecule has 0 bridgehead atoms. The highest BCUT2D eigenvalue weighted by atomic mass is 15.3. The SMILES string of the molecule is CC=Cc1cnn(C)c1C. The van der Waals surface area contributed by atoms with Crippen LogP contribution in [0.15, 0.2) is 12.3 Å². The average Bonchev–Trinajstić information content (AvgIpc) is 2.20. The first-order valence-electron chi connectivity index (χ1n) is 3.37. The van der Waals surface area contributed by atoms with Gasteiger partial charge in [0.05, 0.1) is 6.20 Å². The van der Waals surface area contributed by atoms with E-state index in [9.17, 15) is 0 Å². The maximum Gasteiger partial charge on any atom is 0.0564 e. The van der Waals surface area contributed by atoms with Crippen LogP contribution in [0.25, 0.3) is 6.08 Å². The standard InChI is InChI=1S/C8H12N2/c1-4-5-8-6-9-10(3)7(8)2/h4-6H,1-3H3. The van der Waals surface area contributed by atoms with Gasteiger partial charge in [0.25, 0.3) is 0 Å². The summed E-state index contributed by atoms with van der Waals surface area (Å²) in [6.45, 7) is 4.06. The van der Waals surface area contributed by atoms with Crippen molar-refractivity contribution in [2.75, 3.05) is 0 Å². The van der Waals surface area contributed by atoms with Crippen LogP contribution in [-0.2, 0) is 7.05 Å². The summed E-state index contributed by atoms with van der Waals surface area (Å²) in [6.07, 6.45) is 5.95. The molecule has 0 aliphatic heterocycles. The van der Waals surface area contributed by atoms with Gasteiger partial charge in [-0.25, -0.2) is 0 Å². The quantitative estimate of drug-likeness (QED) is 0.575. The van der Waals surface area contributed by atoms with Gasteiger partial charge in [-0.1, -0.05) is 12.2 Å². The Labute approximate surface area is 61.2 Å². The predicted molar refractivity (Wildman–Crippen MR) is 42.7 cm³/mol. The monoisotopic (exact) mass is 136 g/mol. The molecular weight excluding hydrogens is 124 g/mol. The van der Waals surface area contributed by atoms with Crippen molar-refractivity contribution in [3.05, 3.63) is 23.5 Å². The zero-order valence-electron chi connectivity index (χ0n) is 6.63. The smallest absolute Gasteiger partial charge is 0.0564 e. The van der Waals surface area contributed by atoms with Gasteiger partial charge >= 0.3 is 0 Å². The normalized spacial score (nSPS) is 11.1. The van der Waals surface area contributed by atoms with Crippen LogP contribution in [0.5, 0.6) is 0 Å². The lowest BCUT2D eigenvalue weighted by atomic mass is 10.2. The minimum atomic E-state index is 1.20. The summed E-state index contributed by atoms with van der Waals surface area (Å²) in [4.78, 5) is 0. The van der Waals surface area contributed by atoms with E-state index in [1.54, 1.807) is 0 Å². The van der Waals surface area contributed by atoms with E-state index in [1.165, 1.54) is 11.3 Å². The number of hydrogen-bond acceptors (Lipinski definition) is 1. The van der Waals surface area contributed by atoms with Crippen molar-refractivity contribution >= 4 is 6.08 Å². The van der Waals surface area contributed by atoms with Crippen LogP contribution in [0.1, 0.15) is 18.2 Å². The molecule has 0 saturated carbocycles. The predicted octanol–water partition coefficient (Wildman–Crippen LogP) is 1.76. The van der Waals surface area contributed by atoms with Crippen LogP contribution in [0.4, 0.5) is 0 Å². The van der Waals surface area contributed by atoms with E-state index in [-0.39, 0.29) is 0 Å². The van der Waals surface area contributed by atoms with Crippen LogP contribution in [0.3, 0.4) is 0 Å². The molecule has 0 N–H and O–H groups in total. The number of nitrogens with zero attached hydrogens (tertiary/aromatic N) is 2. The molecule has 0 unspecified atom stereocenters. The molecule has 1 aromatic rings. The van der Waals surface area contributed by atoms with Gasteiger partial charge in [0.1, 0.15) is 0 Å². The second kappa shape index (κ2) is 2.69. The fourth-order valence-electron chi connectivity index (χ4n) is 0.859. The summed E-state index contributed by atoms with van der Waals surface area (Å²) in [6, 6.07) is 0. The van der Waals surface area contributed by atoms with Gasteiger partial charge in [-0.2, -0.15) is 5.10 Å². The topological polar surface area (TPSA) is 17.8 Å². The Balaban J connectivity index is 3.05. The molecule has 0 fully saturated rings. The third-order valence-electron chi connectivity index (χ3n) is 1.62. The summed E-state index contributed by atoms with van der Waals surface area (Å²) in [5.41, 5.74) is 2.41. The molecule has 0 aromatic carbocycles. The molecule has 2 nitrogen and oxygen atoms in total. The Bertz CT molecular complexity index is 246. The van der Waals surface area contributed by atoms with Gasteiger partial charge in [0.15, 0.2) is 0 Å². The first-order valence-corrected chi connectivity index (χ1v) is 3.37. The Morgan fingerprint density at radius 2 is 2.30 bits per heavy atom. The molecule has 1 heterocycles. The summed E-state index contributed by atoms with van der Waals surface area (Å²) >= 11 is 0. The van der Waals surface area contributed by atoms with Crippen molar-refractivity contribution in [3.8, 4) is 0 Å². The lowest BCUT2D eigenvalue weighted by Crippen LogP contribution is -1.91. The molecule has 54 valence electrons. The van der Waals surface area contributed by atoms with Crippen LogP contribution >= 0.6 is 0 Å². The molecule has 0 atom stereocenters. The first-order chi connectivity index (χ1) is 4.75. The highest BCUT2D eigenvalue weighted by Gasteiger charge is 1.96. The maximum absolute atomic E-state index is 4.10. The molecule has 0 aliphatic rings. The minimum Gasteiger partial charge on any atom is -0.272 e. The third kappa shape index (κ3) is 1.10. The van der Waals surface area contributed by atoms with Gasteiger partial charge < -0.3 is 0 Å². The van der Waals surface area contributed by atoms with E-state index < -0.39 is 0 Å². The van der Waals surface area contributed by atoms with E-state index in [4.69, 9.17) is 0 Å². The molecule has 0 amide bonds. The number of hydrogen-bond donors (Lipinski definition) is 0. The molecule has 0 spiro atoms. The van der Waals surface area contributed by atoms with E-state index in [0.29, 0.717) is 0 Å². The lowest BCUT2D eigenvalue weighted by Gasteiger charge is -1.92. The fraction of sp³-hybridized carbons (Fsp3) is 0.375. The number of allylic oxidation sites excluding steroid dienone is 1. The second-order valence-corrected chi connectivity index (χ2v) is 2.31. The molecule has 0 aliphatic carbocycles. The molecular formula is C8H12N2. The van der Waals surface area contributed by atoms with Crippen molar-refractivity contribution in [2.45, 2.75) is 13.8 Å². The number of aryl methyl sites for hydroxylation is 1. The molecule has 0 radical (unpaired) electrons. The zero-order valence-corrected chi connectivity index (χ0v) is 6.63. The Hall–Kier alpha value is -1.05. The van der Waals surface area contributed by atoms with E-state index in [0.717, 1.165) is 0 Å². The van der Waals surface area contributed by atoms with Gasteiger partial charge in [-0.3, -0.25) is 4.68 Å². The largest absolute Gasteiger partial charge is 0.272 e. The summed E-state index contributed by atoms with van der Waals surface area (Å²) < 4.78 is 1.87. The number of aromatic nitrogens is 2. The van der Waals surface area contributed by atoms with Gasteiger partial charge in [0.2, 0.25) is 0 Å². The average molecular weight is 136 g/mol. The molecule has 0 saturated heterocycles. The van der Waals surface area contributed by atoms with Gasteiger partial charge in [0, 0.05) is 18.3 Å². The van der Waals surface area contributed by atoms with Crippen LogP contribution in [-0.4, -0.2) is 9.78 Å². The minimum absolute atomic E-state index is 1.20. The van der Waals surface area contributed by atoms with Crippen molar-refractivity contribution in [1.82, 2.24) is 9.78 Å². The van der Waals surface area contributed by atoms with Gasteiger partial charge in [-0.05, 0) is 13.8 Å². The summed E-state index contributed by atoms with van der Waals surface area (Å²) in [7, 11) is 1.95. The first kappa shape index (κ1) is 7.06. The van der Waals surface area contributed by atoms with E-state index >= 15 is 0 Å². The van der Waals surface area contributed by atoms with E-state index in [2.05, 4.69) is 18.1 Å². The third-order valence-corrected chi connectivity index (χ3v) is 1.62. The van der Waals surface area contributed by atoms with Crippen LogP contribution in [0, 0.1) is 6.92 Å². The molecule has 10 heavy (non-hydrogen) atoms. The van der Waals surface area contributed by atoms with Crippen molar-refractivity contribution in [2.24, 2.45) is 7.05 Å². The zero-order chi connectivity index (χ0) is 7.56. The number of rotatable bonds is 1. The summed E-state index contributed by atoms with van der Waals surface area (Å²) in [5, 5.41) is 4.10. The Morgan fingerprint density at radius 1 is 1.60 bits per heavy atom. The summed E-state index contributed by atoms with van der Waals surface area (Å²) in [5.74, 6) is 0. The van der Waals surface area contributed by atoms with Crippen LogP contribution in [0.2, 0.25) is 0 Å². The van der Waals surface area contributed by atoms with Crippen molar-refractivity contribution < 1.29 is 0 Å². The second-order valence-electron chi connectivity index (χ2n) is 2.31. The fourth-order valence-corrected chi connectivity index (χ4v) is 0.859. The van der Waals surface area contributed by atoms with Crippen LogP contribution < -0.4 is 0 Å². The molecule has 1 aromatic heterocycles. The highest BCUT2D eigenvalue weighted by Crippen LogP contribution is 2.06. The Kier molecular flexibility index (Phi) is 1.90. The molecule has 2 heteroatoms. The molecule has 1 rings (SSSR count). The maximum atomic E-state index is 4.10. The van der Waals surface area contributed by atoms with E-state index in [1.807, 2.05) is 30.9 Å². The van der Waals surface area contributed by atoms with Gasteiger partial charge in [-0.15, -0.1) is 0 Å². The van der Waals surface area contributed by atoms with Crippen molar-refractivity contribution in [3.63, 3.8) is 0 Å². The Morgan fingerprint density at radius 3 is 2.70 bits per heavy atom.